The summed E-state index contributed by atoms with van der Waals surface area (Å²) in [5, 5.41) is 4.55. The van der Waals surface area contributed by atoms with E-state index in [1.165, 1.54) is 7.05 Å². The van der Waals surface area contributed by atoms with Gasteiger partial charge in [-0.05, 0) is 57.9 Å². The van der Waals surface area contributed by atoms with Crippen molar-refractivity contribution in [1.82, 2.24) is 29.5 Å². The van der Waals surface area contributed by atoms with Gasteiger partial charge in [-0.3, -0.25) is 4.68 Å². The third-order valence-corrected chi connectivity index (χ3v) is 8.86. The van der Waals surface area contributed by atoms with E-state index in [1.54, 1.807) is 18.3 Å². The molecule has 1 aliphatic carbocycles. The highest BCUT2D eigenvalue weighted by atomic mass is 32.2. The molecule has 1 atom stereocenters. The molecule has 1 saturated heterocycles. The highest BCUT2D eigenvalue weighted by molar-refractivity contribution is 7.89. The van der Waals surface area contributed by atoms with E-state index in [1.807, 2.05) is 29.3 Å². The van der Waals surface area contributed by atoms with Gasteiger partial charge in [0.05, 0.1) is 29.0 Å². The second-order valence-corrected chi connectivity index (χ2v) is 11.7. The van der Waals surface area contributed by atoms with Crippen LogP contribution in [0.15, 0.2) is 47.9 Å². The molecule has 4 heterocycles. The molecule has 0 radical (unpaired) electrons. The first kappa shape index (κ1) is 23.1. The van der Waals surface area contributed by atoms with E-state index in [0.29, 0.717) is 29.0 Å². The van der Waals surface area contributed by atoms with E-state index in [2.05, 4.69) is 31.6 Å². The Morgan fingerprint density at radius 2 is 2.00 bits per heavy atom. The number of H-pyrrole nitrogens is 1. The number of rotatable bonds is 6. The summed E-state index contributed by atoms with van der Waals surface area (Å²) in [6, 6.07) is 6.35. The molecule has 36 heavy (non-hydrogen) atoms. The van der Waals surface area contributed by atoms with Gasteiger partial charge in [-0.1, -0.05) is 0 Å². The molecule has 1 aromatic carbocycles. The molecular formula is C25H30N8O2S. The summed E-state index contributed by atoms with van der Waals surface area (Å²) in [6.45, 7) is 3.06. The lowest BCUT2D eigenvalue weighted by Gasteiger charge is -2.32. The predicted octanol–water partition coefficient (Wildman–Crippen LogP) is 3.05. The lowest BCUT2D eigenvalue weighted by molar-refractivity contribution is 0.247. The van der Waals surface area contributed by atoms with Crippen molar-refractivity contribution < 1.29 is 8.42 Å². The van der Waals surface area contributed by atoms with Crippen LogP contribution in [-0.2, 0) is 10.0 Å². The van der Waals surface area contributed by atoms with Crippen LogP contribution in [0.25, 0.3) is 33.5 Å². The molecule has 1 aliphatic heterocycles. The summed E-state index contributed by atoms with van der Waals surface area (Å²) in [5.74, 6) is 0. The average Bonchev–Trinajstić information content (AvgIpc) is 3.60. The van der Waals surface area contributed by atoms with Crippen molar-refractivity contribution in [3.63, 3.8) is 0 Å². The Labute approximate surface area is 210 Å². The number of aromatic nitrogens is 5. The fourth-order valence-electron chi connectivity index (χ4n) is 5.26. The van der Waals surface area contributed by atoms with Crippen molar-refractivity contribution >= 4 is 26.9 Å². The predicted molar refractivity (Wildman–Crippen MR) is 139 cm³/mol. The molecule has 4 N–H and O–H groups in total. The zero-order valence-electron chi connectivity index (χ0n) is 20.3. The number of aromatic amines is 1. The number of nitrogens with two attached hydrogens (primary N) is 1. The number of hydrogen-bond donors (Lipinski definition) is 3. The van der Waals surface area contributed by atoms with Gasteiger partial charge in [-0.15, -0.1) is 0 Å². The number of anilines is 1. The SMILES string of the molecule is CNS(=O)(=O)c1cc(-c2cnc3[nH]cc(-c4cnn(C5CC(N)C5)c4)c3n2)cc(N2CCC[C@H]2C)c1. The van der Waals surface area contributed by atoms with Gasteiger partial charge in [0.15, 0.2) is 5.65 Å². The molecule has 2 fully saturated rings. The third-order valence-electron chi connectivity index (χ3n) is 7.47. The van der Waals surface area contributed by atoms with Crippen LogP contribution in [0.3, 0.4) is 0 Å². The molecule has 3 aromatic heterocycles. The van der Waals surface area contributed by atoms with Crippen LogP contribution in [0.5, 0.6) is 0 Å². The van der Waals surface area contributed by atoms with Crippen molar-refractivity contribution in [2.24, 2.45) is 5.73 Å². The number of benzene rings is 1. The fourth-order valence-corrected chi connectivity index (χ4v) is 6.05. The quantitative estimate of drug-likeness (QED) is 0.366. The summed E-state index contributed by atoms with van der Waals surface area (Å²) < 4.78 is 29.9. The Morgan fingerprint density at radius 1 is 1.17 bits per heavy atom. The first-order valence-corrected chi connectivity index (χ1v) is 13.8. The van der Waals surface area contributed by atoms with Gasteiger partial charge < -0.3 is 15.6 Å². The second-order valence-electron chi connectivity index (χ2n) is 9.86. The maximum Gasteiger partial charge on any atom is 0.240 e. The number of fused-ring (bicyclic) bond motifs is 1. The molecule has 4 aromatic rings. The number of nitrogens with one attached hydrogen (secondary N) is 2. The molecule has 11 heteroatoms. The van der Waals surface area contributed by atoms with E-state index < -0.39 is 10.0 Å². The zero-order valence-corrected chi connectivity index (χ0v) is 21.2. The molecule has 188 valence electrons. The molecular weight excluding hydrogens is 476 g/mol. The smallest absolute Gasteiger partial charge is 0.240 e. The van der Waals surface area contributed by atoms with E-state index >= 15 is 0 Å². The number of nitrogens with zero attached hydrogens (tertiary/aromatic N) is 5. The lowest BCUT2D eigenvalue weighted by Crippen LogP contribution is -2.37. The number of hydrogen-bond acceptors (Lipinski definition) is 7. The van der Waals surface area contributed by atoms with Crippen LogP contribution in [0.4, 0.5) is 5.69 Å². The molecule has 2 aliphatic rings. The summed E-state index contributed by atoms with van der Waals surface area (Å²) in [6.07, 6.45) is 11.5. The summed E-state index contributed by atoms with van der Waals surface area (Å²) in [5.41, 5.74) is 11.4. The number of sulfonamides is 1. The van der Waals surface area contributed by atoms with Crippen LogP contribution in [0.1, 0.15) is 38.6 Å². The van der Waals surface area contributed by atoms with Crippen LogP contribution >= 0.6 is 0 Å². The second kappa shape index (κ2) is 8.68. The van der Waals surface area contributed by atoms with Gasteiger partial charge in [0.2, 0.25) is 10.0 Å². The molecule has 1 saturated carbocycles. The first-order chi connectivity index (χ1) is 17.3. The Kier molecular flexibility index (Phi) is 5.58. The normalized spacial score (nSPS) is 22.3. The average molecular weight is 507 g/mol. The molecule has 0 amide bonds. The van der Waals surface area contributed by atoms with Gasteiger partial charge in [-0.25, -0.2) is 23.1 Å². The molecule has 0 unspecified atom stereocenters. The maximum absolute atomic E-state index is 12.8. The molecule has 10 nitrogen and oxygen atoms in total. The topological polar surface area (TPSA) is 135 Å². The standard InChI is InChI=1S/C25H30N8O2S/c1-15-4-3-5-32(15)19-6-16(7-21(10-19)36(34,35)27-2)23-13-29-25-24(31-23)22(12-28-25)17-11-30-33(14-17)20-8-18(26)9-20/h6-7,10-15,18,20,27H,3-5,8-9,26H2,1-2H3,(H,28,29)/t15-,18?,20?/m1/s1. The van der Waals surface area contributed by atoms with Crippen molar-refractivity contribution in [2.75, 3.05) is 18.5 Å². The van der Waals surface area contributed by atoms with Gasteiger partial charge in [-0.2, -0.15) is 5.10 Å². The lowest BCUT2D eigenvalue weighted by atomic mass is 9.88. The molecule has 0 bridgehead atoms. The van der Waals surface area contributed by atoms with Crippen molar-refractivity contribution in [1.29, 1.82) is 0 Å². The van der Waals surface area contributed by atoms with E-state index in [4.69, 9.17) is 10.7 Å². The zero-order chi connectivity index (χ0) is 25.0. The van der Waals surface area contributed by atoms with E-state index in [0.717, 1.165) is 54.6 Å². The van der Waals surface area contributed by atoms with Crippen LogP contribution in [0, 0.1) is 0 Å². The third kappa shape index (κ3) is 3.97. The largest absolute Gasteiger partial charge is 0.369 e. The summed E-state index contributed by atoms with van der Waals surface area (Å²) >= 11 is 0. The van der Waals surface area contributed by atoms with Crippen LogP contribution in [0.2, 0.25) is 0 Å². The van der Waals surface area contributed by atoms with Gasteiger partial charge >= 0.3 is 0 Å². The first-order valence-electron chi connectivity index (χ1n) is 12.3. The van der Waals surface area contributed by atoms with Crippen molar-refractivity contribution in [3.8, 4) is 22.4 Å². The van der Waals surface area contributed by atoms with Crippen molar-refractivity contribution in [3.05, 3.63) is 43.0 Å². The van der Waals surface area contributed by atoms with E-state index in [9.17, 15) is 8.42 Å². The van der Waals surface area contributed by atoms with Crippen LogP contribution in [-0.4, -0.2) is 58.8 Å². The fraction of sp³-hybridized carbons (Fsp3) is 0.400. The molecule has 0 spiro atoms. The summed E-state index contributed by atoms with van der Waals surface area (Å²) in [7, 11) is -2.21. The minimum Gasteiger partial charge on any atom is -0.369 e. The monoisotopic (exact) mass is 506 g/mol. The Balaban J connectivity index is 1.43. The minimum absolute atomic E-state index is 0.216. The van der Waals surface area contributed by atoms with E-state index in [-0.39, 0.29) is 10.9 Å². The maximum atomic E-state index is 12.8. The Hall–Kier alpha value is -3.28. The van der Waals surface area contributed by atoms with Crippen LogP contribution < -0.4 is 15.4 Å². The van der Waals surface area contributed by atoms with Gasteiger partial charge in [0, 0.05) is 53.4 Å². The van der Waals surface area contributed by atoms with Crippen molar-refractivity contribution in [2.45, 2.75) is 55.6 Å². The minimum atomic E-state index is -3.64. The Bertz CT molecular complexity index is 1540. The summed E-state index contributed by atoms with van der Waals surface area (Å²) in [4.78, 5) is 15.2. The highest BCUT2D eigenvalue weighted by Crippen LogP contribution is 2.35. The van der Waals surface area contributed by atoms with Gasteiger partial charge in [0.1, 0.15) is 5.52 Å². The van der Waals surface area contributed by atoms with Gasteiger partial charge in [0.25, 0.3) is 0 Å². The highest BCUT2D eigenvalue weighted by Gasteiger charge is 2.28. The molecule has 6 rings (SSSR count). The Morgan fingerprint density at radius 3 is 2.72 bits per heavy atom.